The lowest BCUT2D eigenvalue weighted by Gasteiger charge is -2.41. The molecule has 0 saturated carbocycles. The lowest BCUT2D eigenvalue weighted by Crippen LogP contribution is -2.55. The molecule has 0 bridgehead atoms. The summed E-state index contributed by atoms with van der Waals surface area (Å²) in [6, 6.07) is 7.37. The van der Waals surface area contributed by atoms with Crippen molar-refractivity contribution in [3.8, 4) is 0 Å². The minimum Gasteiger partial charge on any atom is -0.373 e. The predicted molar refractivity (Wildman–Crippen MR) is 107 cm³/mol. The van der Waals surface area contributed by atoms with Gasteiger partial charge in [0.1, 0.15) is 0 Å². The van der Waals surface area contributed by atoms with Gasteiger partial charge in [0.2, 0.25) is 11.8 Å². The van der Waals surface area contributed by atoms with Crippen molar-refractivity contribution in [1.82, 2.24) is 4.90 Å². The zero-order chi connectivity index (χ0) is 19.6. The van der Waals surface area contributed by atoms with E-state index < -0.39 is 0 Å². The Kier molecular flexibility index (Phi) is 6.17. The van der Waals surface area contributed by atoms with E-state index in [1.54, 1.807) is 4.90 Å². The van der Waals surface area contributed by atoms with Gasteiger partial charge in [0.15, 0.2) is 0 Å². The molecule has 0 aromatic heterocycles. The first-order valence-corrected chi connectivity index (χ1v) is 9.96. The second-order valence-corrected chi connectivity index (χ2v) is 8.09. The first-order valence-electron chi connectivity index (χ1n) is 9.96. The second kappa shape index (κ2) is 8.40. The van der Waals surface area contributed by atoms with Crippen LogP contribution < -0.4 is 10.2 Å². The van der Waals surface area contributed by atoms with E-state index in [1.807, 2.05) is 24.3 Å². The summed E-state index contributed by atoms with van der Waals surface area (Å²) in [5.41, 5.74) is 1.59. The number of anilines is 2. The molecule has 148 valence electrons. The summed E-state index contributed by atoms with van der Waals surface area (Å²) in [4.78, 5) is 29.1. The fourth-order valence-electron chi connectivity index (χ4n) is 4.22. The van der Waals surface area contributed by atoms with Crippen LogP contribution in [0.5, 0.6) is 0 Å². The number of nitrogens with zero attached hydrogens (tertiary/aromatic N) is 2. The number of carbonyl (C=O) groups excluding carboxylic acids is 2. The zero-order valence-electron chi connectivity index (χ0n) is 16.8. The van der Waals surface area contributed by atoms with Crippen molar-refractivity contribution >= 4 is 23.2 Å². The van der Waals surface area contributed by atoms with Crippen molar-refractivity contribution in [1.29, 1.82) is 0 Å². The first kappa shape index (κ1) is 19.8. The van der Waals surface area contributed by atoms with Crippen molar-refractivity contribution in [3.05, 3.63) is 24.3 Å². The number of hydrogen-bond donors (Lipinski definition) is 1. The highest BCUT2D eigenvalue weighted by Gasteiger charge is 2.34. The highest BCUT2D eigenvalue weighted by atomic mass is 16.5. The van der Waals surface area contributed by atoms with E-state index in [9.17, 15) is 9.59 Å². The quantitative estimate of drug-likeness (QED) is 0.862. The standard InChI is InChI=1S/C21H31N3O3/c1-14(2)20(23-12-15(3)27-16(4)13-23)21(26)22-17-7-5-8-18(11-17)24-10-6-9-19(24)25/h5,7-8,11,14-16,20H,6,9-10,12-13H2,1-4H3,(H,22,26)/t15-,16+,20-/m1/s1. The van der Waals surface area contributed by atoms with E-state index in [-0.39, 0.29) is 36.0 Å². The number of rotatable bonds is 5. The number of amides is 2. The number of hydrogen-bond acceptors (Lipinski definition) is 4. The molecule has 1 aromatic rings. The monoisotopic (exact) mass is 373 g/mol. The van der Waals surface area contributed by atoms with Gasteiger partial charge in [-0.05, 0) is 44.4 Å². The molecule has 1 N–H and O–H groups in total. The molecule has 6 nitrogen and oxygen atoms in total. The maximum atomic E-state index is 13.1. The topological polar surface area (TPSA) is 61.9 Å². The van der Waals surface area contributed by atoms with E-state index >= 15 is 0 Å². The van der Waals surface area contributed by atoms with E-state index in [0.717, 1.165) is 37.4 Å². The normalized spacial score (nSPS) is 25.1. The molecule has 0 unspecified atom stereocenters. The molecule has 6 heteroatoms. The van der Waals surface area contributed by atoms with E-state index in [1.165, 1.54) is 0 Å². The van der Waals surface area contributed by atoms with Crippen molar-refractivity contribution in [3.63, 3.8) is 0 Å². The molecule has 2 aliphatic rings. The van der Waals surface area contributed by atoms with Crippen LogP contribution in [0, 0.1) is 5.92 Å². The summed E-state index contributed by atoms with van der Waals surface area (Å²) < 4.78 is 5.82. The van der Waals surface area contributed by atoms with Crippen molar-refractivity contribution < 1.29 is 14.3 Å². The fraction of sp³-hybridized carbons (Fsp3) is 0.619. The van der Waals surface area contributed by atoms with E-state index in [4.69, 9.17) is 4.74 Å². The Balaban J connectivity index is 1.73. The van der Waals surface area contributed by atoms with Crippen LogP contribution in [0.25, 0.3) is 0 Å². The molecule has 3 rings (SSSR count). The summed E-state index contributed by atoms with van der Waals surface area (Å²) in [6.07, 6.45) is 1.72. The fourth-order valence-corrected chi connectivity index (χ4v) is 4.22. The van der Waals surface area contributed by atoms with Gasteiger partial charge in [-0.3, -0.25) is 14.5 Å². The Morgan fingerprint density at radius 1 is 1.22 bits per heavy atom. The third-order valence-electron chi connectivity index (χ3n) is 5.24. The summed E-state index contributed by atoms with van der Waals surface area (Å²) in [6.45, 7) is 10.5. The molecule has 2 aliphatic heterocycles. The van der Waals surface area contributed by atoms with Crippen LogP contribution in [0.1, 0.15) is 40.5 Å². The van der Waals surface area contributed by atoms with Gasteiger partial charge in [-0.15, -0.1) is 0 Å². The Morgan fingerprint density at radius 3 is 2.52 bits per heavy atom. The number of nitrogens with one attached hydrogen (secondary N) is 1. The number of benzene rings is 1. The van der Waals surface area contributed by atoms with Crippen LogP contribution in [0.4, 0.5) is 11.4 Å². The molecule has 2 saturated heterocycles. The number of carbonyl (C=O) groups is 2. The summed E-state index contributed by atoms with van der Waals surface area (Å²) in [5.74, 6) is 0.330. The van der Waals surface area contributed by atoms with Gasteiger partial charge in [0.25, 0.3) is 0 Å². The third kappa shape index (κ3) is 4.68. The number of ether oxygens (including phenoxy) is 1. The average molecular weight is 373 g/mol. The first-order chi connectivity index (χ1) is 12.8. The maximum Gasteiger partial charge on any atom is 0.241 e. The van der Waals surface area contributed by atoms with Crippen LogP contribution in [0.3, 0.4) is 0 Å². The smallest absolute Gasteiger partial charge is 0.241 e. The lowest BCUT2D eigenvalue weighted by molar-refractivity contribution is -0.130. The Hall–Kier alpha value is -1.92. The zero-order valence-corrected chi connectivity index (χ0v) is 16.8. The molecule has 1 aromatic carbocycles. The van der Waals surface area contributed by atoms with Crippen LogP contribution in [0.2, 0.25) is 0 Å². The van der Waals surface area contributed by atoms with Gasteiger partial charge in [0.05, 0.1) is 18.2 Å². The molecule has 3 atom stereocenters. The van der Waals surface area contributed by atoms with E-state index in [2.05, 4.69) is 37.9 Å². The van der Waals surface area contributed by atoms with Crippen molar-refractivity contribution in [2.24, 2.45) is 5.92 Å². The van der Waals surface area contributed by atoms with Crippen molar-refractivity contribution in [2.75, 3.05) is 29.9 Å². The van der Waals surface area contributed by atoms with Gasteiger partial charge < -0.3 is 15.0 Å². The lowest BCUT2D eigenvalue weighted by atomic mass is 9.99. The third-order valence-corrected chi connectivity index (χ3v) is 5.24. The number of morpholine rings is 1. The summed E-state index contributed by atoms with van der Waals surface area (Å²) >= 11 is 0. The molecule has 2 heterocycles. The average Bonchev–Trinajstić information content (AvgIpc) is 3.00. The molecule has 0 radical (unpaired) electrons. The van der Waals surface area contributed by atoms with Crippen LogP contribution >= 0.6 is 0 Å². The predicted octanol–water partition coefficient (Wildman–Crippen LogP) is 2.89. The Bertz CT molecular complexity index is 681. The minimum atomic E-state index is -0.212. The molecular weight excluding hydrogens is 342 g/mol. The van der Waals surface area contributed by atoms with Crippen LogP contribution in [-0.2, 0) is 14.3 Å². The second-order valence-electron chi connectivity index (χ2n) is 8.09. The molecule has 2 amide bonds. The minimum absolute atomic E-state index is 0.00352. The van der Waals surface area contributed by atoms with Crippen molar-refractivity contribution in [2.45, 2.75) is 58.8 Å². The van der Waals surface area contributed by atoms with Gasteiger partial charge >= 0.3 is 0 Å². The summed E-state index contributed by atoms with van der Waals surface area (Å²) in [7, 11) is 0. The Morgan fingerprint density at radius 2 is 1.93 bits per heavy atom. The van der Waals surface area contributed by atoms with Gasteiger partial charge in [-0.1, -0.05) is 19.9 Å². The van der Waals surface area contributed by atoms with Crippen LogP contribution in [0.15, 0.2) is 24.3 Å². The molecule has 2 fully saturated rings. The van der Waals surface area contributed by atoms with Gasteiger partial charge in [0, 0.05) is 37.4 Å². The SMILES string of the molecule is CC(C)[C@H](C(=O)Nc1cccc(N2CCCC2=O)c1)N1C[C@@H](C)O[C@@H](C)C1. The molecule has 27 heavy (non-hydrogen) atoms. The summed E-state index contributed by atoms with van der Waals surface area (Å²) in [5, 5.41) is 3.07. The highest BCUT2D eigenvalue weighted by Crippen LogP contribution is 2.25. The van der Waals surface area contributed by atoms with Crippen LogP contribution in [-0.4, -0.2) is 54.6 Å². The molecule has 0 aliphatic carbocycles. The largest absolute Gasteiger partial charge is 0.373 e. The highest BCUT2D eigenvalue weighted by molar-refractivity contribution is 5.98. The van der Waals surface area contributed by atoms with E-state index in [0.29, 0.717) is 6.42 Å². The molecular formula is C21H31N3O3. The maximum absolute atomic E-state index is 13.1. The van der Waals surface area contributed by atoms with Gasteiger partial charge in [-0.2, -0.15) is 0 Å². The molecule has 0 spiro atoms. The Labute approximate surface area is 161 Å². The van der Waals surface area contributed by atoms with Gasteiger partial charge in [-0.25, -0.2) is 0 Å².